The summed E-state index contributed by atoms with van der Waals surface area (Å²) >= 11 is 0. The maximum atomic E-state index is 13.8. The molecule has 40 heavy (non-hydrogen) atoms. The van der Waals surface area contributed by atoms with Crippen LogP contribution in [0.25, 0.3) is 0 Å². The molecule has 2 aliphatic rings. The van der Waals surface area contributed by atoms with Crippen LogP contribution >= 0.6 is 0 Å². The van der Waals surface area contributed by atoms with Gasteiger partial charge >= 0.3 is 6.03 Å². The van der Waals surface area contributed by atoms with Gasteiger partial charge in [0.05, 0.1) is 26.5 Å². The number of nitrogens with zero attached hydrogens (tertiary/aromatic N) is 2. The molecule has 3 amide bonds. The minimum Gasteiger partial charge on any atom is -0.493 e. The van der Waals surface area contributed by atoms with Crippen molar-refractivity contribution in [2.45, 2.75) is 51.7 Å². The van der Waals surface area contributed by atoms with E-state index in [4.69, 9.17) is 18.6 Å². The van der Waals surface area contributed by atoms with Crippen LogP contribution in [0.15, 0.2) is 41.0 Å². The molecule has 0 spiro atoms. The topological polar surface area (TPSA) is 106 Å². The van der Waals surface area contributed by atoms with Crippen LogP contribution in [0.4, 0.5) is 4.79 Å². The zero-order valence-electron chi connectivity index (χ0n) is 24.2. The predicted molar refractivity (Wildman–Crippen MR) is 152 cm³/mol. The van der Waals surface area contributed by atoms with E-state index >= 15 is 0 Å². The summed E-state index contributed by atoms with van der Waals surface area (Å²) in [6, 6.07) is 9.26. The standard InChI is InChI=1S/C30H44N4O6/c1-21(2)33(29(35)22-8-11-27(38-4)28(15-22)40-14-6-12-37-3)19-23-16-31-17-24(23)20-34(25-9-10-25)30(36)32-18-26-7-5-13-39-26/h5,7-8,11,13,15,21,23-25,31H,6,9-10,12,14,16-20H2,1-4H3,(H,32,36). The SMILES string of the molecule is COCCCOc1cc(C(=O)N(CC2CNCC2CN(C(=O)NCc2ccco2)C2CC2)C(C)C)ccc1OC. The molecule has 2 fully saturated rings. The zero-order chi connectivity index (χ0) is 28.5. The van der Waals surface area contributed by atoms with E-state index in [0.717, 1.165) is 38.1 Å². The van der Waals surface area contributed by atoms with Crippen molar-refractivity contribution in [3.63, 3.8) is 0 Å². The van der Waals surface area contributed by atoms with E-state index in [9.17, 15) is 9.59 Å². The highest BCUT2D eigenvalue weighted by Crippen LogP contribution is 2.32. The van der Waals surface area contributed by atoms with E-state index in [-0.39, 0.29) is 35.9 Å². The number of furan rings is 1. The lowest BCUT2D eigenvalue weighted by atomic mass is 9.94. The third-order valence-corrected chi connectivity index (χ3v) is 7.63. The smallest absolute Gasteiger partial charge is 0.318 e. The van der Waals surface area contributed by atoms with Crippen LogP contribution in [-0.2, 0) is 11.3 Å². The van der Waals surface area contributed by atoms with Crippen molar-refractivity contribution in [1.29, 1.82) is 0 Å². The molecule has 1 aromatic carbocycles. The summed E-state index contributed by atoms with van der Waals surface area (Å²) in [6.07, 6.45) is 4.41. The summed E-state index contributed by atoms with van der Waals surface area (Å²) < 4.78 is 21.8. The van der Waals surface area contributed by atoms with Crippen molar-refractivity contribution >= 4 is 11.9 Å². The largest absolute Gasteiger partial charge is 0.493 e. The third kappa shape index (κ3) is 7.91. The number of rotatable bonds is 15. The summed E-state index contributed by atoms with van der Waals surface area (Å²) in [5, 5.41) is 6.51. The molecule has 2 atom stereocenters. The minimum atomic E-state index is -0.0578. The van der Waals surface area contributed by atoms with E-state index in [0.29, 0.717) is 49.9 Å². The minimum absolute atomic E-state index is 0.0121. The second-order valence-corrected chi connectivity index (χ2v) is 10.9. The van der Waals surface area contributed by atoms with E-state index < -0.39 is 0 Å². The fraction of sp³-hybridized carbons (Fsp3) is 0.600. The molecule has 4 rings (SSSR count). The number of hydrogen-bond donors (Lipinski definition) is 2. The summed E-state index contributed by atoms with van der Waals surface area (Å²) in [6.45, 7) is 8.42. The Hall–Kier alpha value is -3.24. The fourth-order valence-corrected chi connectivity index (χ4v) is 5.18. The first kappa shape index (κ1) is 29.7. The monoisotopic (exact) mass is 556 g/mol. The zero-order valence-corrected chi connectivity index (χ0v) is 24.2. The molecule has 1 aromatic heterocycles. The van der Waals surface area contributed by atoms with Gasteiger partial charge in [-0.2, -0.15) is 0 Å². The molecular formula is C30H44N4O6. The lowest BCUT2D eigenvalue weighted by Crippen LogP contribution is -2.47. The molecule has 2 heterocycles. The second-order valence-electron chi connectivity index (χ2n) is 10.9. The van der Waals surface area contributed by atoms with Gasteiger partial charge in [0.25, 0.3) is 5.91 Å². The van der Waals surface area contributed by atoms with Gasteiger partial charge in [0.15, 0.2) is 11.5 Å². The van der Waals surface area contributed by atoms with Crippen molar-refractivity contribution in [1.82, 2.24) is 20.4 Å². The van der Waals surface area contributed by atoms with Crippen LogP contribution in [0.5, 0.6) is 11.5 Å². The number of benzene rings is 1. The maximum Gasteiger partial charge on any atom is 0.318 e. The molecule has 1 saturated heterocycles. The van der Waals surface area contributed by atoms with Crippen molar-refractivity contribution in [3.8, 4) is 11.5 Å². The molecule has 0 radical (unpaired) electrons. The normalized spacial score (nSPS) is 18.5. The average Bonchev–Trinajstić information content (AvgIpc) is 3.47. The molecule has 1 aliphatic carbocycles. The molecule has 10 heteroatoms. The van der Waals surface area contributed by atoms with Gasteiger partial charge < -0.3 is 39.1 Å². The second kappa shape index (κ2) is 14.4. The number of hydrogen-bond acceptors (Lipinski definition) is 7. The summed E-state index contributed by atoms with van der Waals surface area (Å²) in [5.41, 5.74) is 0.565. The van der Waals surface area contributed by atoms with E-state index in [1.165, 1.54) is 0 Å². The highest BCUT2D eigenvalue weighted by atomic mass is 16.5. The molecule has 1 saturated carbocycles. The van der Waals surface area contributed by atoms with E-state index in [2.05, 4.69) is 10.6 Å². The first-order valence-corrected chi connectivity index (χ1v) is 14.3. The maximum absolute atomic E-state index is 13.8. The van der Waals surface area contributed by atoms with Crippen molar-refractivity contribution in [3.05, 3.63) is 47.9 Å². The summed E-state index contributed by atoms with van der Waals surface area (Å²) in [7, 11) is 3.25. The Morgan fingerprint density at radius 2 is 1.85 bits per heavy atom. The van der Waals surface area contributed by atoms with Crippen LogP contribution in [0.3, 0.4) is 0 Å². The number of nitrogens with one attached hydrogen (secondary N) is 2. The average molecular weight is 557 g/mol. The summed E-state index contributed by atoms with van der Waals surface area (Å²) in [4.78, 5) is 30.8. The summed E-state index contributed by atoms with van der Waals surface area (Å²) in [5.74, 6) is 2.32. The number of carbonyl (C=O) groups excluding carboxylic acids is 2. The Kier molecular flexibility index (Phi) is 10.7. The lowest BCUT2D eigenvalue weighted by molar-refractivity contribution is 0.0652. The van der Waals surface area contributed by atoms with Crippen LogP contribution in [-0.4, -0.2) is 87.4 Å². The van der Waals surface area contributed by atoms with Gasteiger partial charge in [-0.25, -0.2) is 4.79 Å². The molecule has 0 bridgehead atoms. The van der Waals surface area contributed by atoms with Gasteiger partial charge in [-0.1, -0.05) is 0 Å². The molecule has 1 aliphatic heterocycles. The first-order chi connectivity index (χ1) is 19.4. The van der Waals surface area contributed by atoms with Crippen LogP contribution in [0.2, 0.25) is 0 Å². The molecular weight excluding hydrogens is 512 g/mol. The lowest BCUT2D eigenvalue weighted by Gasteiger charge is -2.33. The number of carbonyl (C=O) groups is 2. The highest BCUT2D eigenvalue weighted by molar-refractivity contribution is 5.95. The van der Waals surface area contributed by atoms with Crippen molar-refractivity contribution in [2.75, 3.05) is 53.6 Å². The van der Waals surface area contributed by atoms with Crippen molar-refractivity contribution < 1.29 is 28.2 Å². The number of urea groups is 1. The predicted octanol–water partition coefficient (Wildman–Crippen LogP) is 3.76. The number of ether oxygens (including phenoxy) is 3. The Bertz CT molecular complexity index is 1090. The molecule has 2 N–H and O–H groups in total. The molecule has 2 aromatic rings. The van der Waals surface area contributed by atoms with Gasteiger partial charge in [0.2, 0.25) is 0 Å². The van der Waals surface area contributed by atoms with Gasteiger partial charge in [0.1, 0.15) is 5.76 Å². The Morgan fingerprint density at radius 3 is 2.50 bits per heavy atom. The third-order valence-electron chi connectivity index (χ3n) is 7.63. The quantitative estimate of drug-likeness (QED) is 0.322. The fourth-order valence-electron chi connectivity index (χ4n) is 5.18. The van der Waals surface area contributed by atoms with Crippen LogP contribution < -0.4 is 20.1 Å². The van der Waals surface area contributed by atoms with Crippen LogP contribution in [0.1, 0.15) is 49.2 Å². The number of methoxy groups -OCH3 is 2. The highest BCUT2D eigenvalue weighted by Gasteiger charge is 2.38. The number of amides is 3. The van der Waals surface area contributed by atoms with Crippen LogP contribution in [0, 0.1) is 11.8 Å². The van der Waals surface area contributed by atoms with Gasteiger partial charge in [-0.15, -0.1) is 0 Å². The Balaban J connectivity index is 1.40. The van der Waals surface area contributed by atoms with Gasteiger partial charge in [-0.05, 0) is 68.9 Å². The molecule has 10 nitrogen and oxygen atoms in total. The Labute approximate surface area is 237 Å². The van der Waals surface area contributed by atoms with Gasteiger partial charge in [0, 0.05) is 64.0 Å². The van der Waals surface area contributed by atoms with E-state index in [1.807, 2.05) is 35.8 Å². The first-order valence-electron chi connectivity index (χ1n) is 14.3. The van der Waals surface area contributed by atoms with Gasteiger partial charge in [-0.3, -0.25) is 4.79 Å². The Morgan fingerprint density at radius 1 is 1.07 bits per heavy atom. The molecule has 2 unspecified atom stereocenters. The van der Waals surface area contributed by atoms with Crippen molar-refractivity contribution in [2.24, 2.45) is 11.8 Å². The molecule has 220 valence electrons. The van der Waals surface area contributed by atoms with E-state index in [1.54, 1.807) is 38.7 Å².